The highest BCUT2D eigenvalue weighted by atomic mass is 32.2. The van der Waals surface area contributed by atoms with Gasteiger partial charge in [-0.05, 0) is 64.2 Å². The van der Waals surface area contributed by atoms with Crippen LogP contribution >= 0.6 is 0 Å². The van der Waals surface area contributed by atoms with Crippen molar-refractivity contribution in [2.45, 2.75) is 90.4 Å². The number of hydrogen-bond donors (Lipinski definition) is 2. The minimum Gasteiger partial charge on any atom is -0.490 e. The molecule has 0 aromatic heterocycles. The van der Waals surface area contributed by atoms with E-state index in [1.54, 1.807) is 28.9 Å². The van der Waals surface area contributed by atoms with E-state index in [1.165, 1.54) is 12.5 Å². The Morgan fingerprint density at radius 1 is 1.15 bits per heavy atom. The average Bonchev–Trinajstić information content (AvgIpc) is 2.93. The first-order valence-electron chi connectivity index (χ1n) is 15.0. The summed E-state index contributed by atoms with van der Waals surface area (Å²) in [6.45, 7) is 6.69. The molecule has 1 aliphatic carbocycles. The zero-order valence-electron chi connectivity index (χ0n) is 25.3. The number of aliphatic hydroxyl groups is 1. The van der Waals surface area contributed by atoms with Gasteiger partial charge in [-0.25, -0.2) is 8.42 Å². The molecule has 1 aliphatic heterocycles. The van der Waals surface area contributed by atoms with E-state index in [2.05, 4.69) is 4.72 Å². The number of hydrogen-bond acceptors (Lipinski definition) is 7. The van der Waals surface area contributed by atoms with Crippen LogP contribution in [0.25, 0.3) is 0 Å². The summed E-state index contributed by atoms with van der Waals surface area (Å²) >= 11 is 0. The first-order chi connectivity index (χ1) is 19.4. The Labute approximate surface area is 245 Å². The number of amides is 2. The lowest BCUT2D eigenvalue weighted by Crippen LogP contribution is -2.48. The van der Waals surface area contributed by atoms with Crippen molar-refractivity contribution in [3.63, 3.8) is 0 Å². The lowest BCUT2D eigenvalue weighted by Gasteiger charge is -2.36. The van der Waals surface area contributed by atoms with Crippen LogP contribution in [0.4, 0.5) is 5.69 Å². The molecule has 1 heterocycles. The quantitative estimate of drug-likeness (QED) is 0.490. The van der Waals surface area contributed by atoms with Crippen LogP contribution in [0.2, 0.25) is 0 Å². The molecule has 232 valence electrons. The van der Waals surface area contributed by atoms with Crippen molar-refractivity contribution in [1.82, 2.24) is 9.80 Å². The number of anilines is 1. The number of nitrogens with one attached hydrogen (secondary N) is 1. The number of benzene rings is 1. The van der Waals surface area contributed by atoms with Gasteiger partial charge in [-0.3, -0.25) is 14.3 Å². The summed E-state index contributed by atoms with van der Waals surface area (Å²) in [6.07, 6.45) is 8.21. The third kappa shape index (κ3) is 9.85. The lowest BCUT2D eigenvalue weighted by atomic mass is 9.88. The third-order valence-corrected chi connectivity index (χ3v) is 8.75. The zero-order valence-corrected chi connectivity index (χ0v) is 26.1. The molecule has 41 heavy (non-hydrogen) atoms. The molecule has 1 saturated carbocycles. The van der Waals surface area contributed by atoms with Crippen LogP contribution in [0.15, 0.2) is 18.2 Å². The van der Waals surface area contributed by atoms with Gasteiger partial charge in [-0.15, -0.1) is 0 Å². The van der Waals surface area contributed by atoms with E-state index < -0.39 is 16.1 Å². The number of ether oxygens (including phenoxy) is 2. The van der Waals surface area contributed by atoms with E-state index in [9.17, 15) is 23.1 Å². The van der Waals surface area contributed by atoms with Crippen LogP contribution in [-0.4, -0.2) is 93.0 Å². The predicted molar refractivity (Wildman–Crippen MR) is 160 cm³/mol. The zero-order chi connectivity index (χ0) is 30.2. The molecule has 0 radical (unpaired) electrons. The van der Waals surface area contributed by atoms with Crippen LogP contribution in [0.3, 0.4) is 0 Å². The van der Waals surface area contributed by atoms with E-state index in [0.29, 0.717) is 18.9 Å². The maximum atomic E-state index is 14.1. The van der Waals surface area contributed by atoms with Gasteiger partial charge in [-0.1, -0.05) is 26.2 Å². The Hall–Kier alpha value is -2.37. The average molecular weight is 596 g/mol. The van der Waals surface area contributed by atoms with Gasteiger partial charge in [0.1, 0.15) is 5.75 Å². The normalized spacial score (nSPS) is 24.5. The number of nitrogens with zero attached hydrogens (tertiary/aromatic N) is 2. The van der Waals surface area contributed by atoms with Crippen molar-refractivity contribution >= 4 is 27.5 Å². The molecule has 0 saturated heterocycles. The minimum absolute atomic E-state index is 0.0581. The Kier molecular flexibility index (Phi) is 12.3. The maximum Gasteiger partial charge on any atom is 0.258 e. The first-order valence-corrected chi connectivity index (χ1v) is 16.9. The van der Waals surface area contributed by atoms with Gasteiger partial charge >= 0.3 is 0 Å². The van der Waals surface area contributed by atoms with Crippen molar-refractivity contribution in [3.8, 4) is 5.75 Å². The van der Waals surface area contributed by atoms with Crippen LogP contribution in [0, 0.1) is 11.8 Å². The Morgan fingerprint density at radius 3 is 2.49 bits per heavy atom. The molecular weight excluding hydrogens is 546 g/mol. The van der Waals surface area contributed by atoms with E-state index in [1.807, 2.05) is 20.9 Å². The fraction of sp³-hybridized carbons (Fsp3) is 0.733. The van der Waals surface area contributed by atoms with Crippen molar-refractivity contribution in [2.24, 2.45) is 11.8 Å². The topological polar surface area (TPSA) is 125 Å². The van der Waals surface area contributed by atoms with Gasteiger partial charge < -0.3 is 24.4 Å². The highest BCUT2D eigenvalue weighted by molar-refractivity contribution is 7.92. The van der Waals surface area contributed by atoms with Crippen molar-refractivity contribution in [1.29, 1.82) is 0 Å². The summed E-state index contributed by atoms with van der Waals surface area (Å²) < 4.78 is 38.8. The second kappa shape index (κ2) is 15.2. The summed E-state index contributed by atoms with van der Waals surface area (Å²) in [4.78, 5) is 30.7. The van der Waals surface area contributed by atoms with Crippen LogP contribution in [0.1, 0.15) is 82.5 Å². The highest BCUT2D eigenvalue weighted by Crippen LogP contribution is 2.29. The van der Waals surface area contributed by atoms with E-state index in [4.69, 9.17) is 9.47 Å². The molecule has 0 spiro atoms. The molecule has 0 unspecified atom stereocenters. The highest BCUT2D eigenvalue weighted by Gasteiger charge is 2.32. The monoisotopic (exact) mass is 595 g/mol. The molecule has 0 bridgehead atoms. The van der Waals surface area contributed by atoms with Crippen molar-refractivity contribution in [2.75, 3.05) is 44.3 Å². The molecule has 1 fully saturated rings. The molecule has 11 heteroatoms. The molecular formula is C30H49N3O7S. The number of fused-ring (bicyclic) bond motifs is 1. The molecule has 2 aliphatic rings. The van der Waals surface area contributed by atoms with Crippen LogP contribution < -0.4 is 9.46 Å². The van der Waals surface area contributed by atoms with Crippen molar-refractivity contribution in [3.05, 3.63) is 23.8 Å². The second-order valence-corrected chi connectivity index (χ2v) is 13.7. The van der Waals surface area contributed by atoms with Gasteiger partial charge in [0.25, 0.3) is 5.91 Å². The molecule has 10 nitrogen and oxygen atoms in total. The van der Waals surface area contributed by atoms with Gasteiger partial charge in [-0.2, -0.15) is 0 Å². The third-order valence-electron chi connectivity index (χ3n) is 8.14. The van der Waals surface area contributed by atoms with Gasteiger partial charge in [0.2, 0.25) is 15.9 Å². The van der Waals surface area contributed by atoms with Gasteiger partial charge in [0, 0.05) is 44.3 Å². The molecule has 1 aromatic rings. The number of carbonyl (C=O) groups is 2. The smallest absolute Gasteiger partial charge is 0.258 e. The minimum atomic E-state index is -3.56. The Bertz CT molecular complexity index is 1120. The number of sulfonamides is 1. The molecule has 4 atom stereocenters. The molecule has 2 amide bonds. The second-order valence-electron chi connectivity index (χ2n) is 11.9. The predicted octanol–water partition coefficient (Wildman–Crippen LogP) is 3.89. The Morgan fingerprint density at radius 2 is 1.83 bits per heavy atom. The van der Waals surface area contributed by atoms with E-state index in [-0.39, 0.29) is 60.3 Å². The standard InChI is InChI=1S/C30H49N3O7S/c1-21-18-33(22(2)20-34)30(36)26-17-25(31-41(5,37)38)14-15-27(26)40-23(3)11-9-10-16-39-28(21)19-32(4)29(35)24-12-7-6-8-13-24/h14-15,17,21-24,28,31,34H,6-13,16,18-20H2,1-5H3/t21-,22-,23+,28+/m0/s1. The SMILES string of the molecule is C[C@@H]1CCCCO[C@H](CN(C)C(=O)C2CCCCC2)[C@@H](C)CN([C@@H](C)CO)C(=O)c2cc(NS(C)(=O)=O)ccc2O1. The first kappa shape index (κ1) is 33.1. The molecule has 1 aromatic carbocycles. The molecule has 2 N–H and O–H groups in total. The van der Waals surface area contributed by atoms with Crippen LogP contribution in [0.5, 0.6) is 5.75 Å². The fourth-order valence-electron chi connectivity index (χ4n) is 5.68. The van der Waals surface area contributed by atoms with E-state index in [0.717, 1.165) is 51.2 Å². The number of aliphatic hydroxyl groups excluding tert-OH is 1. The summed E-state index contributed by atoms with van der Waals surface area (Å²) in [5.74, 6) is 0.0514. The van der Waals surface area contributed by atoms with Gasteiger partial charge in [0.15, 0.2) is 0 Å². The fourth-order valence-corrected chi connectivity index (χ4v) is 6.24. The van der Waals surface area contributed by atoms with Crippen LogP contribution in [-0.2, 0) is 19.6 Å². The summed E-state index contributed by atoms with van der Waals surface area (Å²) in [6, 6.07) is 4.17. The van der Waals surface area contributed by atoms with Crippen molar-refractivity contribution < 1.29 is 32.6 Å². The van der Waals surface area contributed by atoms with E-state index >= 15 is 0 Å². The summed E-state index contributed by atoms with van der Waals surface area (Å²) in [5, 5.41) is 10.1. The molecule has 3 rings (SSSR count). The maximum absolute atomic E-state index is 14.1. The summed E-state index contributed by atoms with van der Waals surface area (Å²) in [7, 11) is -1.73. The Balaban J connectivity index is 1.92. The number of likely N-dealkylation sites (N-methyl/N-ethyl adjacent to an activating group) is 1. The number of rotatable bonds is 7. The van der Waals surface area contributed by atoms with Gasteiger partial charge in [0.05, 0.1) is 36.7 Å². The lowest BCUT2D eigenvalue weighted by molar-refractivity contribution is -0.137. The largest absolute Gasteiger partial charge is 0.490 e. The summed E-state index contributed by atoms with van der Waals surface area (Å²) in [5.41, 5.74) is 0.475. The number of carbonyl (C=O) groups excluding carboxylic acids is 2.